The summed E-state index contributed by atoms with van der Waals surface area (Å²) in [7, 11) is 0. The Kier molecular flexibility index (Phi) is 4.71. The molecule has 0 radical (unpaired) electrons. The molecule has 0 unspecified atom stereocenters. The second-order valence-corrected chi connectivity index (χ2v) is 4.63. The molecular weight excluding hydrogens is 302 g/mol. The van der Waals surface area contributed by atoms with Crippen LogP contribution in [0.1, 0.15) is 15.9 Å². The minimum Gasteiger partial charge on any atom is -0.267 e. The van der Waals surface area contributed by atoms with Crippen LogP contribution < -0.4 is 5.43 Å². The topological polar surface area (TPSA) is 41.5 Å². The number of amides is 1. The van der Waals surface area contributed by atoms with Crippen LogP contribution in [0.15, 0.2) is 47.6 Å². The molecule has 102 valence electrons. The van der Waals surface area contributed by atoms with Gasteiger partial charge in [0.2, 0.25) is 0 Å². The third kappa shape index (κ3) is 3.56. The maximum absolute atomic E-state index is 12.7. The van der Waals surface area contributed by atoms with Gasteiger partial charge in [-0.25, -0.2) is 9.82 Å². The molecule has 0 aliphatic heterocycles. The van der Waals surface area contributed by atoms with E-state index in [1.165, 1.54) is 30.5 Å². The fraction of sp³-hybridized carbons (Fsp3) is 0. The summed E-state index contributed by atoms with van der Waals surface area (Å²) < 4.78 is 12.7. The number of nitrogens with one attached hydrogen (secondary N) is 1. The Morgan fingerprint density at radius 1 is 1.15 bits per heavy atom. The van der Waals surface area contributed by atoms with Crippen LogP contribution in [0.2, 0.25) is 10.0 Å². The minimum atomic E-state index is -0.445. The molecule has 6 heteroatoms. The van der Waals surface area contributed by atoms with Gasteiger partial charge >= 0.3 is 0 Å². The van der Waals surface area contributed by atoms with E-state index in [-0.39, 0.29) is 0 Å². The average molecular weight is 311 g/mol. The quantitative estimate of drug-likeness (QED) is 0.678. The van der Waals surface area contributed by atoms with Crippen molar-refractivity contribution >= 4 is 35.3 Å². The first-order valence-electron chi connectivity index (χ1n) is 5.61. The number of halogens is 3. The van der Waals surface area contributed by atoms with Gasteiger partial charge in [-0.05, 0) is 30.3 Å². The number of hydrazone groups is 1. The van der Waals surface area contributed by atoms with Gasteiger partial charge in [0.25, 0.3) is 5.91 Å². The van der Waals surface area contributed by atoms with Crippen molar-refractivity contribution < 1.29 is 9.18 Å². The van der Waals surface area contributed by atoms with E-state index in [1.807, 2.05) is 0 Å². The maximum Gasteiger partial charge on any atom is 0.271 e. The Bertz CT molecular complexity index is 657. The average Bonchev–Trinajstić information content (AvgIpc) is 2.44. The zero-order valence-electron chi connectivity index (χ0n) is 10.1. The third-order valence-corrected chi connectivity index (χ3v) is 3.29. The summed E-state index contributed by atoms with van der Waals surface area (Å²) in [6, 6.07) is 10.2. The Balaban J connectivity index is 2.04. The molecule has 0 aliphatic rings. The Morgan fingerprint density at radius 2 is 1.85 bits per heavy atom. The molecule has 3 nitrogen and oxygen atoms in total. The van der Waals surface area contributed by atoms with E-state index in [1.54, 1.807) is 18.2 Å². The fourth-order valence-electron chi connectivity index (χ4n) is 1.45. The molecule has 0 aliphatic carbocycles. The number of hydrogen-bond donors (Lipinski definition) is 1. The van der Waals surface area contributed by atoms with Gasteiger partial charge in [-0.1, -0.05) is 35.3 Å². The lowest BCUT2D eigenvalue weighted by Gasteiger charge is -2.01. The minimum absolute atomic E-state index is 0.306. The highest BCUT2D eigenvalue weighted by Crippen LogP contribution is 2.24. The summed E-state index contributed by atoms with van der Waals surface area (Å²) in [6.45, 7) is 0. The molecular formula is C14H9Cl2FN2O. The van der Waals surface area contributed by atoms with E-state index in [0.717, 1.165) is 0 Å². The highest BCUT2D eigenvalue weighted by molar-refractivity contribution is 6.43. The fourth-order valence-corrected chi connectivity index (χ4v) is 1.80. The molecule has 0 bridgehead atoms. The van der Waals surface area contributed by atoms with Crippen molar-refractivity contribution in [3.05, 3.63) is 69.5 Å². The maximum atomic E-state index is 12.7. The summed E-state index contributed by atoms with van der Waals surface area (Å²) in [6.07, 6.45) is 1.38. The molecule has 0 atom stereocenters. The molecule has 0 aromatic heterocycles. The van der Waals surface area contributed by atoms with Crippen LogP contribution in [0.3, 0.4) is 0 Å². The van der Waals surface area contributed by atoms with Crippen molar-refractivity contribution in [2.75, 3.05) is 0 Å². The molecule has 20 heavy (non-hydrogen) atoms. The Hall–Kier alpha value is -1.91. The number of carbonyl (C=O) groups excluding carboxylic acids is 1. The van der Waals surface area contributed by atoms with Crippen molar-refractivity contribution in [1.29, 1.82) is 0 Å². The Morgan fingerprint density at radius 3 is 2.55 bits per heavy atom. The standard InChI is InChI=1S/C14H9Cl2FN2O/c15-12-3-1-2-10(13(12)16)8-18-19-14(20)9-4-6-11(17)7-5-9/h1-8H,(H,19,20)/b18-8-. The number of benzene rings is 2. The Labute approximate surface area is 125 Å². The van der Waals surface area contributed by atoms with Gasteiger partial charge in [0.05, 0.1) is 16.3 Å². The molecule has 0 spiro atoms. The molecule has 1 N–H and O–H groups in total. The third-order valence-electron chi connectivity index (χ3n) is 2.46. The summed E-state index contributed by atoms with van der Waals surface area (Å²) >= 11 is 11.8. The number of nitrogens with zero attached hydrogens (tertiary/aromatic N) is 1. The summed E-state index contributed by atoms with van der Waals surface area (Å²) in [5, 5.41) is 4.54. The van der Waals surface area contributed by atoms with E-state index in [0.29, 0.717) is 21.2 Å². The molecule has 0 heterocycles. The molecule has 2 rings (SSSR count). The smallest absolute Gasteiger partial charge is 0.267 e. The first-order chi connectivity index (χ1) is 9.58. The van der Waals surface area contributed by atoms with Gasteiger partial charge in [-0.2, -0.15) is 5.10 Å². The SMILES string of the molecule is O=C(N/N=C\c1cccc(Cl)c1Cl)c1ccc(F)cc1. The second kappa shape index (κ2) is 6.50. The highest BCUT2D eigenvalue weighted by Gasteiger charge is 2.04. The summed E-state index contributed by atoms with van der Waals surface area (Å²) in [5.41, 5.74) is 3.21. The molecule has 0 saturated carbocycles. The second-order valence-electron chi connectivity index (χ2n) is 3.85. The lowest BCUT2D eigenvalue weighted by atomic mass is 10.2. The molecule has 0 saturated heterocycles. The lowest BCUT2D eigenvalue weighted by molar-refractivity contribution is 0.0955. The number of rotatable bonds is 3. The van der Waals surface area contributed by atoms with Crippen LogP contribution in [0.4, 0.5) is 4.39 Å². The zero-order valence-corrected chi connectivity index (χ0v) is 11.6. The van der Waals surface area contributed by atoms with Gasteiger partial charge < -0.3 is 0 Å². The molecule has 0 fully saturated rings. The van der Waals surface area contributed by atoms with Crippen LogP contribution in [-0.2, 0) is 0 Å². The van der Waals surface area contributed by atoms with Crippen LogP contribution in [0, 0.1) is 5.82 Å². The monoisotopic (exact) mass is 310 g/mol. The van der Waals surface area contributed by atoms with E-state index < -0.39 is 11.7 Å². The number of hydrogen-bond acceptors (Lipinski definition) is 2. The lowest BCUT2D eigenvalue weighted by Crippen LogP contribution is -2.17. The highest BCUT2D eigenvalue weighted by atomic mass is 35.5. The van der Waals surface area contributed by atoms with Crippen molar-refractivity contribution in [2.45, 2.75) is 0 Å². The van der Waals surface area contributed by atoms with Gasteiger partial charge in [-0.3, -0.25) is 4.79 Å². The van der Waals surface area contributed by atoms with Crippen LogP contribution >= 0.6 is 23.2 Å². The van der Waals surface area contributed by atoms with Gasteiger partial charge in [0, 0.05) is 11.1 Å². The molecule has 2 aromatic rings. The first kappa shape index (κ1) is 14.5. The van der Waals surface area contributed by atoms with E-state index in [4.69, 9.17) is 23.2 Å². The van der Waals surface area contributed by atoms with Gasteiger partial charge in [0.1, 0.15) is 5.82 Å². The summed E-state index contributed by atoms with van der Waals surface area (Å²) in [5.74, 6) is -0.852. The van der Waals surface area contributed by atoms with Crippen LogP contribution in [0.25, 0.3) is 0 Å². The van der Waals surface area contributed by atoms with Crippen molar-refractivity contribution in [1.82, 2.24) is 5.43 Å². The zero-order chi connectivity index (χ0) is 14.5. The van der Waals surface area contributed by atoms with E-state index in [9.17, 15) is 9.18 Å². The normalized spacial score (nSPS) is 10.8. The predicted octanol–water partition coefficient (Wildman–Crippen LogP) is 3.90. The van der Waals surface area contributed by atoms with E-state index in [2.05, 4.69) is 10.5 Å². The predicted molar refractivity (Wildman–Crippen MR) is 77.9 cm³/mol. The molecule has 1 amide bonds. The molecule has 2 aromatic carbocycles. The van der Waals surface area contributed by atoms with Crippen LogP contribution in [-0.4, -0.2) is 12.1 Å². The van der Waals surface area contributed by atoms with Crippen molar-refractivity contribution in [3.8, 4) is 0 Å². The van der Waals surface area contributed by atoms with Crippen molar-refractivity contribution in [2.24, 2.45) is 5.10 Å². The summed E-state index contributed by atoms with van der Waals surface area (Å²) in [4.78, 5) is 11.7. The van der Waals surface area contributed by atoms with Gasteiger partial charge in [-0.15, -0.1) is 0 Å². The number of carbonyl (C=O) groups is 1. The van der Waals surface area contributed by atoms with Crippen LogP contribution in [0.5, 0.6) is 0 Å². The first-order valence-corrected chi connectivity index (χ1v) is 6.36. The van der Waals surface area contributed by atoms with Gasteiger partial charge in [0.15, 0.2) is 0 Å². The van der Waals surface area contributed by atoms with E-state index >= 15 is 0 Å². The largest absolute Gasteiger partial charge is 0.271 e. The van der Waals surface area contributed by atoms with Crippen molar-refractivity contribution in [3.63, 3.8) is 0 Å².